The van der Waals surface area contributed by atoms with Gasteiger partial charge in [0.1, 0.15) is 4.70 Å². The maximum Gasteiger partial charge on any atom is 0.416 e. The Balaban J connectivity index is 1.23. The number of para-hydroxylation sites is 1. The van der Waals surface area contributed by atoms with Crippen molar-refractivity contribution in [2.45, 2.75) is 12.6 Å². The Bertz CT molecular complexity index is 1090. The Kier molecular flexibility index (Phi) is 6.52. The van der Waals surface area contributed by atoms with Gasteiger partial charge in [-0.1, -0.05) is 29.5 Å². The van der Waals surface area contributed by atoms with E-state index in [1.807, 2.05) is 28.0 Å². The Morgan fingerprint density at radius 2 is 1.84 bits per heavy atom. The average molecular weight is 465 g/mol. The molecule has 0 spiro atoms. The van der Waals surface area contributed by atoms with Crippen LogP contribution >= 0.6 is 11.3 Å². The third kappa shape index (κ3) is 5.13. The minimum Gasteiger partial charge on any atom is -0.617 e. The normalized spacial score (nSPS) is 15.3. The van der Waals surface area contributed by atoms with E-state index in [4.69, 9.17) is 0 Å². The van der Waals surface area contributed by atoms with Crippen molar-refractivity contribution >= 4 is 33.1 Å². The molecule has 0 aliphatic carbocycles. The van der Waals surface area contributed by atoms with Crippen LogP contribution in [0.15, 0.2) is 48.5 Å². The molecule has 0 atom stereocenters. The predicted molar refractivity (Wildman–Crippen MR) is 118 cm³/mol. The first kappa shape index (κ1) is 22.3. The summed E-state index contributed by atoms with van der Waals surface area (Å²) in [5.41, 5.74) is 0.519. The van der Waals surface area contributed by atoms with Gasteiger partial charge >= 0.3 is 6.18 Å². The molecule has 1 saturated heterocycles. The summed E-state index contributed by atoms with van der Waals surface area (Å²) < 4.78 is 40.6. The molecule has 1 aliphatic heterocycles. The van der Waals surface area contributed by atoms with Gasteiger partial charge in [0.2, 0.25) is 11.4 Å². The van der Waals surface area contributed by atoms with Crippen molar-refractivity contribution in [1.29, 1.82) is 0 Å². The van der Waals surface area contributed by atoms with E-state index in [2.05, 4.69) is 5.32 Å². The highest BCUT2D eigenvalue weighted by atomic mass is 32.1. The number of hydrogen-bond donors (Lipinski definition) is 1. The van der Waals surface area contributed by atoms with E-state index in [-0.39, 0.29) is 12.5 Å². The quantitative estimate of drug-likeness (QED) is 0.450. The first-order valence-corrected chi connectivity index (χ1v) is 11.1. The largest absolute Gasteiger partial charge is 0.617 e. The zero-order chi connectivity index (χ0) is 22.7. The highest BCUT2D eigenvalue weighted by Gasteiger charge is 2.31. The number of nitrogens with zero attached hydrogens (tertiary/aromatic N) is 3. The number of halogens is 3. The molecule has 1 amide bonds. The van der Waals surface area contributed by atoms with Crippen molar-refractivity contribution in [3.05, 3.63) is 64.3 Å². The van der Waals surface area contributed by atoms with Crippen molar-refractivity contribution in [2.24, 2.45) is 0 Å². The molecule has 170 valence electrons. The topological polar surface area (TPSA) is 62.5 Å². The van der Waals surface area contributed by atoms with Gasteiger partial charge in [-0.2, -0.15) is 17.9 Å². The number of aromatic nitrogens is 1. The van der Waals surface area contributed by atoms with Gasteiger partial charge in [0, 0.05) is 44.5 Å². The molecule has 10 heteroatoms. The van der Waals surface area contributed by atoms with E-state index in [1.165, 1.54) is 23.5 Å². The van der Waals surface area contributed by atoms with Crippen molar-refractivity contribution in [2.75, 3.05) is 44.2 Å². The van der Waals surface area contributed by atoms with Crippen molar-refractivity contribution in [1.82, 2.24) is 10.2 Å². The SMILES string of the molecule is O=C(CN1CCN(c2cccc(C(F)(F)F)c2)CC1)NCCc1sc2ccccc2[n+]1[O-]. The Hall–Kier alpha value is -2.85. The monoisotopic (exact) mass is 464 g/mol. The summed E-state index contributed by atoms with van der Waals surface area (Å²) in [6.07, 6.45) is -3.91. The lowest BCUT2D eigenvalue weighted by atomic mass is 10.1. The van der Waals surface area contributed by atoms with Crippen LogP contribution in [0.1, 0.15) is 10.6 Å². The number of rotatable bonds is 6. The number of amides is 1. The number of benzene rings is 2. The molecule has 6 nitrogen and oxygen atoms in total. The van der Waals surface area contributed by atoms with Crippen LogP contribution in [0.3, 0.4) is 0 Å². The molecule has 0 bridgehead atoms. The van der Waals surface area contributed by atoms with E-state index in [1.54, 1.807) is 12.1 Å². The first-order valence-electron chi connectivity index (χ1n) is 10.3. The second-order valence-electron chi connectivity index (χ2n) is 7.67. The van der Waals surface area contributed by atoms with E-state index in [0.29, 0.717) is 55.4 Å². The van der Waals surface area contributed by atoms with Crippen LogP contribution < -0.4 is 14.9 Å². The minimum atomic E-state index is -4.36. The Labute approximate surface area is 187 Å². The lowest BCUT2D eigenvalue weighted by Gasteiger charge is -2.36. The van der Waals surface area contributed by atoms with Gasteiger partial charge in [-0.3, -0.25) is 9.69 Å². The average Bonchev–Trinajstić information content (AvgIpc) is 3.09. The second-order valence-corrected chi connectivity index (χ2v) is 8.78. The summed E-state index contributed by atoms with van der Waals surface area (Å²) in [6, 6.07) is 12.7. The molecule has 0 radical (unpaired) electrons. The standard InChI is InChI=1S/C22H23F3N4O2S/c23-22(24,25)16-4-3-5-17(14-16)28-12-10-27(11-13-28)15-20(30)26-9-8-21-29(31)18-6-1-2-7-19(18)32-21/h1-7,14H,8-13,15H2,(H,26,30). The van der Waals surface area contributed by atoms with Crippen LogP contribution in [-0.4, -0.2) is 50.1 Å². The lowest BCUT2D eigenvalue weighted by Crippen LogP contribution is -2.49. The van der Waals surface area contributed by atoms with Crippen LogP contribution in [0, 0.1) is 5.21 Å². The highest BCUT2D eigenvalue weighted by Crippen LogP contribution is 2.31. The van der Waals surface area contributed by atoms with Gasteiger partial charge in [0.15, 0.2) is 0 Å². The molecule has 3 aromatic rings. The molecule has 0 saturated carbocycles. The number of fused-ring (bicyclic) bond motifs is 1. The number of nitrogens with one attached hydrogen (secondary N) is 1. The van der Waals surface area contributed by atoms with Crippen molar-refractivity contribution in [3.8, 4) is 0 Å². The molecule has 2 aromatic carbocycles. The number of carbonyl (C=O) groups excluding carboxylic acids is 1. The summed E-state index contributed by atoms with van der Waals surface area (Å²) >= 11 is 1.42. The number of carbonyl (C=O) groups is 1. The fourth-order valence-electron chi connectivity index (χ4n) is 3.78. The van der Waals surface area contributed by atoms with Crippen molar-refractivity contribution < 1.29 is 22.7 Å². The maximum atomic E-state index is 12.9. The summed E-state index contributed by atoms with van der Waals surface area (Å²) in [7, 11) is 0. The predicted octanol–water partition coefficient (Wildman–Crippen LogP) is 3.03. The highest BCUT2D eigenvalue weighted by molar-refractivity contribution is 7.18. The number of thiazole rings is 1. The van der Waals surface area contributed by atoms with E-state index in [9.17, 15) is 23.2 Å². The molecule has 1 N–H and O–H groups in total. The molecule has 2 heterocycles. The van der Waals surface area contributed by atoms with Crippen LogP contribution in [-0.2, 0) is 17.4 Å². The zero-order valence-corrected chi connectivity index (χ0v) is 18.1. The van der Waals surface area contributed by atoms with E-state index >= 15 is 0 Å². The number of alkyl halides is 3. The smallest absolute Gasteiger partial charge is 0.416 e. The van der Waals surface area contributed by atoms with Gasteiger partial charge in [-0.15, -0.1) is 0 Å². The summed E-state index contributed by atoms with van der Waals surface area (Å²) in [5, 5.41) is 15.8. The Morgan fingerprint density at radius 3 is 2.56 bits per heavy atom. The summed E-state index contributed by atoms with van der Waals surface area (Å²) in [5.74, 6) is -0.129. The maximum absolute atomic E-state index is 12.9. The minimum absolute atomic E-state index is 0.129. The molecular weight excluding hydrogens is 441 g/mol. The first-order chi connectivity index (χ1) is 15.3. The molecule has 1 aromatic heterocycles. The van der Waals surface area contributed by atoms with Crippen LogP contribution in [0.2, 0.25) is 0 Å². The molecule has 1 fully saturated rings. The van der Waals surface area contributed by atoms with E-state index in [0.717, 1.165) is 15.5 Å². The number of piperazine rings is 1. The molecule has 1 aliphatic rings. The zero-order valence-electron chi connectivity index (χ0n) is 17.3. The van der Waals surface area contributed by atoms with Gasteiger partial charge in [0.25, 0.3) is 5.01 Å². The molecule has 4 rings (SSSR count). The second kappa shape index (κ2) is 9.33. The van der Waals surface area contributed by atoms with Gasteiger partial charge in [0.05, 0.1) is 18.5 Å². The fraction of sp³-hybridized carbons (Fsp3) is 0.364. The Morgan fingerprint density at radius 1 is 1.09 bits per heavy atom. The fourth-order valence-corrected chi connectivity index (χ4v) is 4.82. The summed E-state index contributed by atoms with van der Waals surface area (Å²) in [6.45, 7) is 2.86. The summed E-state index contributed by atoms with van der Waals surface area (Å²) in [4.78, 5) is 16.2. The van der Waals surface area contributed by atoms with Crippen LogP contribution in [0.4, 0.5) is 18.9 Å². The number of anilines is 1. The third-order valence-corrected chi connectivity index (χ3v) is 6.65. The van der Waals surface area contributed by atoms with Crippen molar-refractivity contribution in [3.63, 3.8) is 0 Å². The number of hydrogen-bond acceptors (Lipinski definition) is 5. The molecule has 0 unspecified atom stereocenters. The lowest BCUT2D eigenvalue weighted by molar-refractivity contribution is -0.580. The van der Waals surface area contributed by atoms with Crippen LogP contribution in [0.25, 0.3) is 10.2 Å². The van der Waals surface area contributed by atoms with Crippen LogP contribution in [0.5, 0.6) is 0 Å². The van der Waals surface area contributed by atoms with Gasteiger partial charge < -0.3 is 15.4 Å². The van der Waals surface area contributed by atoms with Gasteiger partial charge in [-0.05, 0) is 24.3 Å². The van der Waals surface area contributed by atoms with Gasteiger partial charge in [-0.25, -0.2) is 0 Å². The third-order valence-electron chi connectivity index (χ3n) is 5.48. The molecular formula is C22H23F3N4O2S. The van der Waals surface area contributed by atoms with E-state index < -0.39 is 11.7 Å². The molecule has 32 heavy (non-hydrogen) atoms.